The van der Waals surface area contributed by atoms with E-state index in [9.17, 15) is 14.9 Å². The summed E-state index contributed by atoms with van der Waals surface area (Å²) in [6.45, 7) is 6.28. The molecular formula is C27H25N3O3S. The molecule has 1 amide bonds. The van der Waals surface area contributed by atoms with E-state index in [1.807, 2.05) is 49.4 Å². The first-order valence-electron chi connectivity index (χ1n) is 11.0. The summed E-state index contributed by atoms with van der Waals surface area (Å²) in [6, 6.07) is 22.4. The van der Waals surface area contributed by atoms with Crippen molar-refractivity contribution < 1.29 is 9.72 Å². The number of nitrogens with zero attached hydrogens (tertiary/aromatic N) is 3. The molecule has 0 saturated carbocycles. The van der Waals surface area contributed by atoms with Crippen molar-refractivity contribution in [2.24, 2.45) is 4.99 Å². The minimum atomic E-state index is -0.408. The van der Waals surface area contributed by atoms with Gasteiger partial charge in [-0.1, -0.05) is 79.7 Å². The fourth-order valence-electron chi connectivity index (χ4n) is 3.56. The van der Waals surface area contributed by atoms with Crippen LogP contribution in [0.2, 0.25) is 0 Å². The van der Waals surface area contributed by atoms with Crippen LogP contribution in [-0.4, -0.2) is 16.0 Å². The van der Waals surface area contributed by atoms with Gasteiger partial charge in [-0.2, -0.15) is 0 Å². The minimum Gasteiger partial charge on any atom is -0.266 e. The van der Waals surface area contributed by atoms with Gasteiger partial charge < -0.3 is 0 Å². The molecule has 0 aliphatic carbocycles. The molecule has 0 spiro atoms. The zero-order chi connectivity index (χ0) is 24.2. The maximum atomic E-state index is 13.4. The van der Waals surface area contributed by atoms with Crippen LogP contribution in [0.25, 0.3) is 6.08 Å². The molecule has 3 aromatic rings. The maximum Gasteiger partial charge on any atom is 0.283 e. The van der Waals surface area contributed by atoms with E-state index in [1.165, 1.54) is 23.4 Å². The predicted octanol–water partition coefficient (Wildman–Crippen LogP) is 6.70. The number of rotatable bonds is 6. The van der Waals surface area contributed by atoms with Gasteiger partial charge in [-0.3, -0.25) is 19.8 Å². The monoisotopic (exact) mass is 471 g/mol. The minimum absolute atomic E-state index is 0.0448. The number of carbonyl (C=O) groups excluding carboxylic acids is 1. The molecule has 34 heavy (non-hydrogen) atoms. The second-order valence-corrected chi connectivity index (χ2v) is 9.38. The molecule has 0 saturated heterocycles. The number of benzene rings is 3. The van der Waals surface area contributed by atoms with Crippen molar-refractivity contribution in [1.82, 2.24) is 0 Å². The molecule has 172 valence electrons. The Morgan fingerprint density at radius 1 is 1.06 bits per heavy atom. The number of hydrogen-bond acceptors (Lipinski definition) is 5. The lowest BCUT2D eigenvalue weighted by atomic mass is 10.0. The molecule has 1 heterocycles. The van der Waals surface area contributed by atoms with Crippen LogP contribution in [0.4, 0.5) is 11.4 Å². The number of aliphatic imine (C=N–C) groups is 1. The van der Waals surface area contributed by atoms with E-state index in [1.54, 1.807) is 23.1 Å². The maximum absolute atomic E-state index is 13.4. The van der Waals surface area contributed by atoms with E-state index in [0.717, 1.165) is 22.4 Å². The molecule has 0 N–H and O–H groups in total. The predicted molar refractivity (Wildman–Crippen MR) is 139 cm³/mol. The van der Waals surface area contributed by atoms with Crippen LogP contribution in [0.15, 0.2) is 83.5 Å². The smallest absolute Gasteiger partial charge is 0.266 e. The number of non-ortho nitro benzene ring substituents is 1. The van der Waals surface area contributed by atoms with Crippen LogP contribution >= 0.6 is 11.8 Å². The molecule has 0 unspecified atom stereocenters. The van der Waals surface area contributed by atoms with Gasteiger partial charge in [0.15, 0.2) is 5.17 Å². The first kappa shape index (κ1) is 23.4. The van der Waals surface area contributed by atoms with Crippen molar-refractivity contribution in [3.63, 3.8) is 0 Å². The molecule has 1 aliphatic rings. The third kappa shape index (κ3) is 5.26. The normalized spacial score (nSPS) is 14.7. The quantitative estimate of drug-likeness (QED) is 0.228. The standard InChI is InChI=1S/C27H25N3O3S/c1-18(2)22-11-9-20(10-12-22)16-25-26(31)29(23-13-7-19(3)8-14-23)27(28-25)34-17-21-5-4-6-24(15-21)30(32)33/h4-16,18H,17H2,1-3H3. The summed E-state index contributed by atoms with van der Waals surface area (Å²) < 4.78 is 0. The van der Waals surface area contributed by atoms with E-state index in [-0.39, 0.29) is 11.6 Å². The van der Waals surface area contributed by atoms with Crippen molar-refractivity contribution >= 4 is 40.3 Å². The molecule has 0 fully saturated rings. The van der Waals surface area contributed by atoms with Gasteiger partial charge in [-0.15, -0.1) is 0 Å². The summed E-state index contributed by atoms with van der Waals surface area (Å²) in [5.74, 6) is 0.687. The van der Waals surface area contributed by atoms with Gasteiger partial charge in [0.2, 0.25) is 0 Å². The zero-order valence-corrected chi connectivity index (χ0v) is 20.1. The van der Waals surface area contributed by atoms with Gasteiger partial charge in [0, 0.05) is 17.9 Å². The number of nitro groups is 1. The third-order valence-electron chi connectivity index (χ3n) is 5.52. The second-order valence-electron chi connectivity index (χ2n) is 8.44. The molecular weight excluding hydrogens is 446 g/mol. The number of nitro benzene ring substituents is 1. The van der Waals surface area contributed by atoms with Gasteiger partial charge >= 0.3 is 0 Å². The van der Waals surface area contributed by atoms with Gasteiger partial charge in [0.25, 0.3) is 11.6 Å². The van der Waals surface area contributed by atoms with Crippen LogP contribution in [0.3, 0.4) is 0 Å². The van der Waals surface area contributed by atoms with Crippen molar-refractivity contribution in [3.8, 4) is 0 Å². The van der Waals surface area contributed by atoms with Crippen molar-refractivity contribution in [3.05, 3.63) is 111 Å². The molecule has 4 rings (SSSR count). The average molecular weight is 472 g/mol. The van der Waals surface area contributed by atoms with Crippen molar-refractivity contribution in [1.29, 1.82) is 0 Å². The van der Waals surface area contributed by atoms with E-state index in [0.29, 0.717) is 22.5 Å². The number of hydrogen-bond donors (Lipinski definition) is 0. The van der Waals surface area contributed by atoms with E-state index in [4.69, 9.17) is 0 Å². The summed E-state index contributed by atoms with van der Waals surface area (Å²) in [4.78, 5) is 30.3. The Hall–Kier alpha value is -3.71. The Kier molecular flexibility index (Phi) is 6.93. The SMILES string of the molecule is Cc1ccc(N2C(=O)C(=Cc3ccc(C(C)C)cc3)N=C2SCc2cccc([N+](=O)[O-])c2)cc1. The molecule has 0 bridgehead atoms. The molecule has 0 aromatic heterocycles. The highest BCUT2D eigenvalue weighted by Crippen LogP contribution is 2.31. The Morgan fingerprint density at radius 3 is 2.41 bits per heavy atom. The summed E-state index contributed by atoms with van der Waals surface area (Å²) in [7, 11) is 0. The molecule has 7 heteroatoms. The molecule has 6 nitrogen and oxygen atoms in total. The lowest BCUT2D eigenvalue weighted by Crippen LogP contribution is -2.30. The second kappa shape index (κ2) is 10.1. The van der Waals surface area contributed by atoms with Crippen LogP contribution in [-0.2, 0) is 10.5 Å². The van der Waals surface area contributed by atoms with Crippen LogP contribution in [0.1, 0.15) is 42.0 Å². The van der Waals surface area contributed by atoms with Crippen molar-refractivity contribution in [2.75, 3.05) is 4.90 Å². The van der Waals surface area contributed by atoms with Gasteiger partial charge in [-0.25, -0.2) is 4.99 Å². The number of amides is 1. The lowest BCUT2D eigenvalue weighted by molar-refractivity contribution is -0.384. The van der Waals surface area contributed by atoms with Crippen molar-refractivity contribution in [2.45, 2.75) is 32.4 Å². The van der Waals surface area contributed by atoms with E-state index < -0.39 is 4.92 Å². The Balaban J connectivity index is 1.64. The fourth-order valence-corrected chi connectivity index (χ4v) is 4.51. The highest BCUT2D eigenvalue weighted by molar-refractivity contribution is 8.13. The number of thioether (sulfide) groups is 1. The summed E-state index contributed by atoms with van der Waals surface area (Å²) in [6.07, 6.45) is 1.80. The average Bonchev–Trinajstić information content (AvgIpc) is 3.13. The third-order valence-corrected chi connectivity index (χ3v) is 6.53. The lowest BCUT2D eigenvalue weighted by Gasteiger charge is -2.18. The Morgan fingerprint density at radius 2 is 1.76 bits per heavy atom. The largest absolute Gasteiger partial charge is 0.283 e. The Labute approximate surface area is 203 Å². The highest BCUT2D eigenvalue weighted by atomic mass is 32.2. The number of amidine groups is 1. The highest BCUT2D eigenvalue weighted by Gasteiger charge is 2.32. The summed E-state index contributed by atoms with van der Waals surface area (Å²) >= 11 is 1.38. The molecule has 1 aliphatic heterocycles. The molecule has 0 atom stereocenters. The zero-order valence-electron chi connectivity index (χ0n) is 19.3. The summed E-state index contributed by atoms with van der Waals surface area (Å²) in [5.41, 5.74) is 5.17. The Bertz CT molecular complexity index is 1280. The topological polar surface area (TPSA) is 75.8 Å². The number of carbonyl (C=O) groups is 1. The van der Waals surface area contributed by atoms with Crippen LogP contribution < -0.4 is 4.90 Å². The van der Waals surface area contributed by atoms with Gasteiger partial charge in [0.05, 0.1) is 10.6 Å². The van der Waals surface area contributed by atoms with Gasteiger partial charge in [-0.05, 0) is 47.7 Å². The number of aryl methyl sites for hydroxylation is 1. The molecule has 3 aromatic carbocycles. The number of anilines is 1. The van der Waals surface area contributed by atoms with E-state index >= 15 is 0 Å². The fraction of sp³-hybridized carbons (Fsp3) is 0.185. The van der Waals surface area contributed by atoms with E-state index in [2.05, 4.69) is 31.0 Å². The first-order valence-corrected chi connectivity index (χ1v) is 12.0. The van der Waals surface area contributed by atoms with Gasteiger partial charge in [0.1, 0.15) is 5.70 Å². The first-order chi connectivity index (χ1) is 16.3. The molecule has 0 radical (unpaired) electrons. The van der Waals surface area contributed by atoms with Crippen LogP contribution in [0.5, 0.6) is 0 Å². The van der Waals surface area contributed by atoms with Crippen LogP contribution in [0, 0.1) is 17.0 Å². The summed E-state index contributed by atoms with van der Waals surface area (Å²) in [5, 5.41) is 11.7.